The molecule has 0 bridgehead atoms. The number of carbonyl (C=O) groups excluding carboxylic acids is 1. The third kappa shape index (κ3) is 6.93. The van der Waals surface area contributed by atoms with Crippen molar-refractivity contribution in [1.29, 1.82) is 0 Å². The van der Waals surface area contributed by atoms with Gasteiger partial charge in [-0.2, -0.15) is 0 Å². The number of halogens is 1. The summed E-state index contributed by atoms with van der Waals surface area (Å²) < 4.78 is 11.2. The molecule has 1 heterocycles. The van der Waals surface area contributed by atoms with Crippen LogP contribution >= 0.6 is 15.9 Å². The molecule has 1 rings (SSSR count). The number of hydrogen-bond donors (Lipinski definition) is 3. The summed E-state index contributed by atoms with van der Waals surface area (Å²) in [5, 5.41) is 23.0. The van der Waals surface area contributed by atoms with Crippen molar-refractivity contribution in [1.82, 2.24) is 4.98 Å². The Hall–Kier alpha value is -1.16. The van der Waals surface area contributed by atoms with Crippen molar-refractivity contribution in [3.05, 3.63) is 16.7 Å². The molecule has 9 heteroatoms. The van der Waals surface area contributed by atoms with Crippen LogP contribution in [0, 0.1) is 0 Å². The third-order valence-corrected chi connectivity index (χ3v) is 4.02. The number of carbonyl (C=O) groups is 1. The molecule has 0 fully saturated rings. The first-order chi connectivity index (χ1) is 11.1. The van der Waals surface area contributed by atoms with Gasteiger partial charge in [-0.3, -0.25) is 5.32 Å². The van der Waals surface area contributed by atoms with Gasteiger partial charge in [0, 0.05) is 0 Å². The lowest BCUT2D eigenvalue weighted by molar-refractivity contribution is -0.0982. The van der Waals surface area contributed by atoms with E-state index in [0.717, 1.165) is 0 Å². The average Bonchev–Trinajstić information content (AvgIpc) is 2.33. The first-order valence-corrected chi connectivity index (χ1v) is 8.66. The van der Waals surface area contributed by atoms with Crippen molar-refractivity contribution in [3.8, 4) is 0 Å². The number of anilines is 1. The number of ether oxygens (including phenoxy) is 1. The number of pyridine rings is 1. The topological polar surface area (TPSA) is 101 Å². The molecule has 0 aliphatic carbocycles. The van der Waals surface area contributed by atoms with Crippen molar-refractivity contribution in [2.75, 3.05) is 5.32 Å². The van der Waals surface area contributed by atoms with E-state index >= 15 is 0 Å². The zero-order valence-electron chi connectivity index (χ0n) is 15.7. The van der Waals surface area contributed by atoms with Crippen LogP contribution in [0.25, 0.3) is 0 Å². The van der Waals surface area contributed by atoms with Gasteiger partial charge in [-0.05, 0) is 82.0 Å². The van der Waals surface area contributed by atoms with E-state index < -0.39 is 30.0 Å². The number of hydrogen-bond acceptors (Lipinski definition) is 6. The van der Waals surface area contributed by atoms with Gasteiger partial charge in [-0.15, -0.1) is 0 Å². The zero-order chi connectivity index (χ0) is 19.6. The van der Waals surface area contributed by atoms with Crippen LogP contribution in [0.2, 0.25) is 0 Å². The maximum absolute atomic E-state index is 11.9. The minimum atomic E-state index is -1.32. The second-order valence-electron chi connectivity index (χ2n) is 7.77. The Kier molecular flexibility index (Phi) is 6.66. The zero-order valence-corrected chi connectivity index (χ0v) is 17.3. The summed E-state index contributed by atoms with van der Waals surface area (Å²) in [5.74, 6) is 0.197. The molecule has 0 aliphatic heterocycles. The molecule has 0 aliphatic rings. The van der Waals surface area contributed by atoms with Gasteiger partial charge < -0.3 is 19.5 Å². The molecule has 3 N–H and O–H groups in total. The van der Waals surface area contributed by atoms with Gasteiger partial charge in [-0.25, -0.2) is 9.78 Å². The largest absolute Gasteiger partial charge is 0.491 e. The molecule has 0 saturated carbocycles. The summed E-state index contributed by atoms with van der Waals surface area (Å²) in [4.78, 5) is 16.0. The molecule has 0 spiro atoms. The van der Waals surface area contributed by atoms with E-state index in [9.17, 15) is 14.9 Å². The number of amides is 1. The number of aliphatic hydroxyl groups is 1. The molecule has 140 valence electrons. The molecule has 0 radical (unpaired) electrons. The normalized spacial score (nSPS) is 12.7. The van der Waals surface area contributed by atoms with Gasteiger partial charge >= 0.3 is 13.2 Å². The van der Waals surface area contributed by atoms with Crippen LogP contribution in [0.5, 0.6) is 0 Å². The molecule has 0 saturated heterocycles. The molecular weight excluding hydrogens is 391 g/mol. The van der Waals surface area contributed by atoms with Crippen LogP contribution < -0.4 is 10.8 Å². The van der Waals surface area contributed by atoms with E-state index in [1.54, 1.807) is 54.5 Å². The third-order valence-electron chi connectivity index (χ3n) is 3.61. The van der Waals surface area contributed by atoms with Gasteiger partial charge in [-0.1, -0.05) is 0 Å². The summed E-state index contributed by atoms with van der Waals surface area (Å²) >= 11 is 3.23. The Morgan fingerprint density at radius 2 is 1.76 bits per heavy atom. The van der Waals surface area contributed by atoms with Gasteiger partial charge in [0.2, 0.25) is 0 Å². The Labute approximate surface area is 157 Å². The van der Waals surface area contributed by atoms with Gasteiger partial charge in [0.1, 0.15) is 16.0 Å². The first-order valence-electron chi connectivity index (χ1n) is 7.86. The number of rotatable bonds is 5. The molecule has 1 aromatic heterocycles. The molecule has 1 aromatic rings. The Balaban J connectivity index is 2.96. The maximum atomic E-state index is 11.9. The van der Waals surface area contributed by atoms with Crippen LogP contribution in [0.3, 0.4) is 0 Å². The standard InChI is InChI=1S/C16H26BBrN2O5/c1-14(2,3)24-13(21)20-12-9-10(8-11(18)19-12)17(23)25-16(6,7)15(4,5)22/h8-9,22-23H,1-7H3,(H,19,20,21). The first kappa shape index (κ1) is 21.9. The molecule has 7 nitrogen and oxygen atoms in total. The van der Waals surface area contributed by atoms with Crippen LogP contribution in [0.4, 0.5) is 10.6 Å². The second-order valence-corrected chi connectivity index (χ2v) is 8.59. The van der Waals surface area contributed by atoms with E-state index in [1.165, 1.54) is 6.07 Å². The molecule has 25 heavy (non-hydrogen) atoms. The lowest BCUT2D eigenvalue weighted by Crippen LogP contribution is -2.53. The highest BCUT2D eigenvalue weighted by atomic mass is 79.9. The molecule has 0 atom stereocenters. The lowest BCUT2D eigenvalue weighted by Gasteiger charge is -2.38. The lowest BCUT2D eigenvalue weighted by atomic mass is 9.77. The molecular formula is C16H26BBrN2O5. The number of nitrogens with zero attached hydrogens (tertiary/aromatic N) is 1. The SMILES string of the molecule is CC(C)(C)OC(=O)Nc1cc(B(O)OC(C)(C)C(C)(C)O)cc(Br)n1. The van der Waals surface area contributed by atoms with Gasteiger partial charge in [0.15, 0.2) is 0 Å². The highest BCUT2D eigenvalue weighted by Gasteiger charge is 2.39. The molecule has 1 amide bonds. The summed E-state index contributed by atoms with van der Waals surface area (Å²) in [7, 11) is -1.32. The highest BCUT2D eigenvalue weighted by molar-refractivity contribution is 9.10. The highest BCUT2D eigenvalue weighted by Crippen LogP contribution is 2.25. The molecule has 0 unspecified atom stereocenters. The fourth-order valence-corrected chi connectivity index (χ4v) is 2.08. The van der Waals surface area contributed by atoms with Gasteiger partial charge in [0.05, 0.1) is 11.2 Å². The Morgan fingerprint density at radius 3 is 2.24 bits per heavy atom. The van der Waals surface area contributed by atoms with E-state index in [0.29, 0.717) is 10.1 Å². The van der Waals surface area contributed by atoms with Crippen LogP contribution in [-0.4, -0.2) is 45.1 Å². The quantitative estimate of drug-likeness (QED) is 0.503. The van der Waals surface area contributed by atoms with Crippen molar-refractivity contribution < 1.29 is 24.3 Å². The van der Waals surface area contributed by atoms with Crippen LogP contribution in [0.15, 0.2) is 16.7 Å². The fourth-order valence-electron chi connectivity index (χ4n) is 1.62. The summed E-state index contributed by atoms with van der Waals surface area (Å²) in [5.41, 5.74) is -2.46. The summed E-state index contributed by atoms with van der Waals surface area (Å²) in [6, 6.07) is 3.03. The minimum Gasteiger partial charge on any atom is -0.444 e. The Morgan fingerprint density at radius 1 is 1.20 bits per heavy atom. The second kappa shape index (κ2) is 7.61. The predicted octanol–water partition coefficient (Wildman–Crippen LogP) is 2.44. The maximum Gasteiger partial charge on any atom is 0.491 e. The van der Waals surface area contributed by atoms with E-state index in [-0.39, 0.29) is 5.82 Å². The molecule has 0 aromatic carbocycles. The summed E-state index contributed by atoms with van der Waals surface area (Å²) in [6.45, 7) is 11.8. The fraction of sp³-hybridized carbons (Fsp3) is 0.625. The predicted molar refractivity (Wildman–Crippen MR) is 101 cm³/mol. The van der Waals surface area contributed by atoms with Crippen molar-refractivity contribution in [2.24, 2.45) is 0 Å². The van der Waals surface area contributed by atoms with Crippen LogP contribution in [-0.2, 0) is 9.39 Å². The smallest absolute Gasteiger partial charge is 0.444 e. The van der Waals surface area contributed by atoms with E-state index in [1.807, 2.05) is 0 Å². The minimum absolute atomic E-state index is 0.197. The summed E-state index contributed by atoms with van der Waals surface area (Å²) in [6.07, 6.45) is -0.656. The average molecular weight is 417 g/mol. The Bertz CT molecular complexity index is 626. The van der Waals surface area contributed by atoms with Crippen LogP contribution in [0.1, 0.15) is 48.5 Å². The van der Waals surface area contributed by atoms with Gasteiger partial charge in [0.25, 0.3) is 0 Å². The number of aromatic nitrogens is 1. The van der Waals surface area contributed by atoms with Crippen molar-refractivity contribution in [3.63, 3.8) is 0 Å². The monoisotopic (exact) mass is 416 g/mol. The van der Waals surface area contributed by atoms with E-state index in [4.69, 9.17) is 9.39 Å². The van der Waals surface area contributed by atoms with Crippen molar-refractivity contribution >= 4 is 40.4 Å². The van der Waals surface area contributed by atoms with Crippen molar-refractivity contribution in [2.45, 2.75) is 65.3 Å². The number of nitrogens with one attached hydrogen (secondary N) is 1. The van der Waals surface area contributed by atoms with E-state index in [2.05, 4.69) is 26.2 Å².